The van der Waals surface area contributed by atoms with Crippen molar-refractivity contribution in [2.45, 2.75) is 25.1 Å². The molecule has 2 heterocycles. The summed E-state index contributed by atoms with van der Waals surface area (Å²) in [7, 11) is 2.84. The second kappa shape index (κ2) is 8.57. The Hall–Kier alpha value is -3.49. The van der Waals surface area contributed by atoms with Crippen LogP contribution in [0.4, 0.5) is 13.2 Å². The summed E-state index contributed by atoms with van der Waals surface area (Å²) >= 11 is 0. The van der Waals surface area contributed by atoms with Gasteiger partial charge >= 0.3 is 6.18 Å². The van der Waals surface area contributed by atoms with Gasteiger partial charge in [0.2, 0.25) is 5.91 Å². The minimum atomic E-state index is -4.52. The van der Waals surface area contributed by atoms with Crippen LogP contribution < -0.4 is 19.5 Å². The highest BCUT2D eigenvalue weighted by atomic mass is 19.4. The molecule has 0 bridgehead atoms. The Morgan fingerprint density at radius 1 is 1.09 bits per heavy atom. The van der Waals surface area contributed by atoms with Crippen LogP contribution in [0.2, 0.25) is 0 Å². The number of nitrogens with one attached hydrogen (secondary N) is 1. The molecule has 168 valence electrons. The lowest BCUT2D eigenvalue weighted by Crippen LogP contribution is -2.38. The Kier molecular flexibility index (Phi) is 5.82. The molecule has 1 N–H and O–H groups in total. The van der Waals surface area contributed by atoms with E-state index in [4.69, 9.17) is 14.2 Å². The van der Waals surface area contributed by atoms with Crippen LogP contribution in [0.5, 0.6) is 17.2 Å². The van der Waals surface area contributed by atoms with E-state index in [0.29, 0.717) is 29.6 Å². The summed E-state index contributed by atoms with van der Waals surface area (Å²) in [5, 5.41) is 2.77. The fourth-order valence-corrected chi connectivity index (χ4v) is 3.89. The van der Waals surface area contributed by atoms with E-state index in [1.807, 2.05) is 6.08 Å². The number of hydrogen-bond donors (Lipinski definition) is 1. The number of rotatable bonds is 6. The molecule has 0 spiro atoms. The van der Waals surface area contributed by atoms with Gasteiger partial charge in [-0.15, -0.1) is 0 Å². The molecule has 9 heteroatoms. The van der Waals surface area contributed by atoms with Crippen LogP contribution in [0.25, 0.3) is 0 Å². The van der Waals surface area contributed by atoms with Crippen LogP contribution in [-0.2, 0) is 17.6 Å². The molecule has 1 unspecified atom stereocenters. The Morgan fingerprint density at radius 2 is 1.91 bits per heavy atom. The number of aliphatic imine (C=N–C) groups is 1. The van der Waals surface area contributed by atoms with Gasteiger partial charge in [-0.2, -0.15) is 13.2 Å². The van der Waals surface area contributed by atoms with Crippen molar-refractivity contribution in [3.8, 4) is 17.2 Å². The number of hydrogen-bond acceptors (Lipinski definition) is 5. The number of fused-ring (bicyclic) bond motifs is 1. The van der Waals surface area contributed by atoms with Crippen LogP contribution in [0, 0.1) is 0 Å². The molecule has 2 aromatic rings. The molecule has 0 radical (unpaired) electrons. The van der Waals surface area contributed by atoms with Crippen LogP contribution in [-0.4, -0.2) is 32.5 Å². The molecule has 2 aromatic carbocycles. The van der Waals surface area contributed by atoms with Gasteiger partial charge < -0.3 is 19.5 Å². The summed E-state index contributed by atoms with van der Waals surface area (Å²) in [4.78, 5) is 16.3. The molecule has 1 saturated heterocycles. The predicted octanol–water partition coefficient (Wildman–Crippen LogP) is 4.24. The van der Waals surface area contributed by atoms with Gasteiger partial charge in [0.25, 0.3) is 0 Å². The summed E-state index contributed by atoms with van der Waals surface area (Å²) in [6.07, 6.45) is -2.28. The zero-order chi connectivity index (χ0) is 22.9. The minimum absolute atomic E-state index is 0.0519. The molecular weight excluding hydrogens is 425 g/mol. The van der Waals surface area contributed by atoms with Crippen LogP contribution in [0.15, 0.2) is 53.0 Å². The molecule has 1 amide bonds. The van der Waals surface area contributed by atoms with E-state index in [2.05, 4.69) is 10.3 Å². The summed E-state index contributed by atoms with van der Waals surface area (Å²) in [6, 6.07) is 8.70. The number of nitrogens with zero attached hydrogens (tertiary/aromatic N) is 1. The van der Waals surface area contributed by atoms with Gasteiger partial charge in [-0.1, -0.05) is 12.1 Å². The van der Waals surface area contributed by atoms with Crippen LogP contribution in [0.3, 0.4) is 0 Å². The van der Waals surface area contributed by atoms with E-state index in [0.717, 1.165) is 17.2 Å². The monoisotopic (exact) mass is 446 g/mol. The molecule has 4 rings (SSSR count). The minimum Gasteiger partial charge on any atom is -0.497 e. The molecule has 0 aromatic heterocycles. The average Bonchev–Trinajstić information content (AvgIpc) is 3.24. The van der Waals surface area contributed by atoms with Crippen molar-refractivity contribution in [1.82, 2.24) is 5.32 Å². The maximum absolute atomic E-state index is 13.4. The van der Waals surface area contributed by atoms with E-state index >= 15 is 0 Å². The first-order valence-corrected chi connectivity index (χ1v) is 9.89. The number of carbonyl (C=O) groups excluding carboxylic acids is 1. The fourth-order valence-electron chi connectivity index (χ4n) is 3.89. The number of carbonyl (C=O) groups is 1. The lowest BCUT2D eigenvalue weighted by Gasteiger charge is -2.26. The first-order chi connectivity index (χ1) is 15.3. The van der Waals surface area contributed by atoms with Crippen molar-refractivity contribution in [2.24, 2.45) is 4.99 Å². The van der Waals surface area contributed by atoms with Gasteiger partial charge in [0.1, 0.15) is 18.2 Å². The zero-order valence-electron chi connectivity index (χ0n) is 17.5. The first kappa shape index (κ1) is 21.7. The number of alkyl halides is 3. The number of ether oxygens (including phenoxy) is 3. The third-order valence-corrected chi connectivity index (χ3v) is 5.45. The van der Waals surface area contributed by atoms with Crippen LogP contribution >= 0.6 is 0 Å². The van der Waals surface area contributed by atoms with Crippen molar-refractivity contribution in [3.05, 3.63) is 64.7 Å². The highest BCUT2D eigenvalue weighted by molar-refractivity contribution is 6.12. The Bertz CT molecular complexity index is 1110. The predicted molar refractivity (Wildman–Crippen MR) is 111 cm³/mol. The number of methoxy groups -OCH3 is 2. The number of amidine groups is 1. The zero-order valence-corrected chi connectivity index (χ0v) is 17.5. The van der Waals surface area contributed by atoms with Crippen molar-refractivity contribution < 1.29 is 32.2 Å². The average molecular weight is 446 g/mol. The lowest BCUT2D eigenvalue weighted by atomic mass is 9.85. The standard InChI is InChI=1S/C23H21F3N2O4/c1-30-15-4-5-18(23(24,25)26)14(9-15)12-32-19-6-3-13(10-20(19)31-2)17-11-21(29)28-22-16(17)7-8-27-22/h3-7,9-10,17H,8,11-12H2,1-2H3,(H,27,28,29). The number of benzene rings is 2. The second-order valence-corrected chi connectivity index (χ2v) is 7.37. The third kappa shape index (κ3) is 4.28. The Balaban J connectivity index is 1.59. The quantitative estimate of drug-likeness (QED) is 0.721. The summed E-state index contributed by atoms with van der Waals surface area (Å²) < 4.78 is 56.3. The van der Waals surface area contributed by atoms with Crippen LogP contribution in [0.1, 0.15) is 29.0 Å². The SMILES string of the molecule is COc1ccc(C(F)(F)F)c(COc2ccc(C3CC(=O)NC4=NCC=C43)cc2OC)c1. The maximum Gasteiger partial charge on any atom is 0.416 e. The molecular formula is C23H21F3N2O4. The Labute approximate surface area is 182 Å². The van der Waals surface area contributed by atoms with E-state index in [1.165, 1.54) is 26.4 Å². The summed E-state index contributed by atoms with van der Waals surface area (Å²) in [5.74, 6) is 1.25. The van der Waals surface area contributed by atoms with Gasteiger partial charge in [0.05, 0.1) is 26.3 Å². The smallest absolute Gasteiger partial charge is 0.416 e. The topological polar surface area (TPSA) is 69.2 Å². The number of piperidine rings is 1. The highest BCUT2D eigenvalue weighted by Crippen LogP contribution is 2.39. The van der Waals surface area contributed by atoms with E-state index < -0.39 is 11.7 Å². The third-order valence-electron chi connectivity index (χ3n) is 5.45. The van der Waals surface area contributed by atoms with Crippen molar-refractivity contribution in [1.29, 1.82) is 0 Å². The molecule has 0 aliphatic carbocycles. The van der Waals surface area contributed by atoms with Gasteiger partial charge in [0.15, 0.2) is 11.5 Å². The lowest BCUT2D eigenvalue weighted by molar-refractivity contribution is -0.138. The fraction of sp³-hybridized carbons (Fsp3) is 0.304. The molecule has 6 nitrogen and oxygen atoms in total. The molecule has 1 atom stereocenters. The van der Waals surface area contributed by atoms with E-state index in [9.17, 15) is 18.0 Å². The van der Waals surface area contributed by atoms with Crippen molar-refractivity contribution >= 4 is 11.7 Å². The largest absolute Gasteiger partial charge is 0.497 e. The summed E-state index contributed by atoms with van der Waals surface area (Å²) in [6.45, 7) is 0.192. The Morgan fingerprint density at radius 3 is 2.62 bits per heavy atom. The molecule has 2 aliphatic rings. The van der Waals surface area contributed by atoms with Gasteiger partial charge in [0, 0.05) is 23.5 Å². The molecule has 1 fully saturated rings. The maximum atomic E-state index is 13.4. The number of amides is 1. The number of halogens is 3. The van der Waals surface area contributed by atoms with Gasteiger partial charge in [-0.05, 0) is 35.9 Å². The van der Waals surface area contributed by atoms with Gasteiger partial charge in [-0.3, -0.25) is 9.79 Å². The van der Waals surface area contributed by atoms with Crippen molar-refractivity contribution in [3.63, 3.8) is 0 Å². The molecule has 32 heavy (non-hydrogen) atoms. The van der Waals surface area contributed by atoms with Crippen molar-refractivity contribution in [2.75, 3.05) is 20.8 Å². The first-order valence-electron chi connectivity index (χ1n) is 9.89. The normalized spacial score (nSPS) is 17.8. The summed E-state index contributed by atoms with van der Waals surface area (Å²) in [5.41, 5.74) is 0.944. The second-order valence-electron chi connectivity index (χ2n) is 7.37. The van der Waals surface area contributed by atoms with Gasteiger partial charge in [-0.25, -0.2) is 0 Å². The molecule has 0 saturated carbocycles. The highest BCUT2D eigenvalue weighted by Gasteiger charge is 2.34. The van der Waals surface area contributed by atoms with E-state index in [1.54, 1.807) is 18.2 Å². The molecule has 2 aliphatic heterocycles. The van der Waals surface area contributed by atoms with E-state index in [-0.39, 0.29) is 30.4 Å².